The van der Waals surface area contributed by atoms with Gasteiger partial charge in [-0.15, -0.1) is 0 Å². The second kappa shape index (κ2) is 5.41. The maximum atomic E-state index is 9.80. The van der Waals surface area contributed by atoms with Gasteiger partial charge in [-0.05, 0) is 45.4 Å². The zero-order chi connectivity index (χ0) is 13.4. The van der Waals surface area contributed by atoms with Crippen LogP contribution in [0.4, 0.5) is 5.13 Å². The first kappa shape index (κ1) is 13.4. The molecule has 0 bridgehead atoms. The van der Waals surface area contributed by atoms with Crippen molar-refractivity contribution in [2.45, 2.75) is 64.5 Å². The van der Waals surface area contributed by atoms with Gasteiger partial charge in [0.2, 0.25) is 0 Å². The van der Waals surface area contributed by atoms with Crippen LogP contribution in [-0.2, 0) is 0 Å². The Kier molecular flexibility index (Phi) is 3.81. The molecule has 2 aliphatic rings. The number of rotatable bonds is 2. The summed E-state index contributed by atoms with van der Waals surface area (Å²) in [6.45, 7) is 5.00. The number of aromatic nitrogens is 1. The van der Waals surface area contributed by atoms with Crippen molar-refractivity contribution in [3.8, 4) is 0 Å². The van der Waals surface area contributed by atoms with Crippen molar-refractivity contribution < 1.29 is 5.11 Å². The lowest BCUT2D eigenvalue weighted by Gasteiger charge is -2.44. The van der Waals surface area contributed by atoms with E-state index in [9.17, 15) is 5.11 Å². The molecule has 0 aromatic carbocycles. The summed E-state index contributed by atoms with van der Waals surface area (Å²) in [5, 5.41) is 10.9. The van der Waals surface area contributed by atoms with E-state index in [1.807, 2.05) is 13.8 Å². The lowest BCUT2D eigenvalue weighted by Crippen LogP contribution is -2.46. The van der Waals surface area contributed by atoms with Crippen LogP contribution in [0.2, 0.25) is 0 Å². The lowest BCUT2D eigenvalue weighted by molar-refractivity contribution is 0.202. The molecule has 1 saturated heterocycles. The molecule has 3 rings (SSSR count). The second-order valence-corrected chi connectivity index (χ2v) is 7.08. The summed E-state index contributed by atoms with van der Waals surface area (Å²) in [6.07, 6.45) is 7.80. The lowest BCUT2D eigenvalue weighted by atomic mass is 9.78. The molecule has 1 aliphatic heterocycles. The highest BCUT2D eigenvalue weighted by molar-refractivity contribution is 7.15. The van der Waals surface area contributed by atoms with E-state index in [2.05, 4.69) is 4.90 Å². The predicted octanol–water partition coefficient (Wildman–Crippen LogP) is 3.66. The fraction of sp³-hybridized carbons (Fsp3) is 0.800. The molecule has 19 heavy (non-hydrogen) atoms. The highest BCUT2D eigenvalue weighted by atomic mass is 32.1. The van der Waals surface area contributed by atoms with Gasteiger partial charge in [-0.2, -0.15) is 0 Å². The monoisotopic (exact) mass is 280 g/mol. The number of aliphatic hydroxyl groups excluding tert-OH is 1. The normalized spacial score (nSPS) is 29.1. The molecule has 3 nitrogen and oxygen atoms in total. The third-order valence-electron chi connectivity index (χ3n) is 4.69. The summed E-state index contributed by atoms with van der Waals surface area (Å²) in [4.78, 5) is 8.30. The van der Waals surface area contributed by atoms with E-state index in [-0.39, 0.29) is 0 Å². The number of thiazole rings is 1. The van der Waals surface area contributed by atoms with Crippen molar-refractivity contribution in [3.63, 3.8) is 0 Å². The van der Waals surface area contributed by atoms with Crippen molar-refractivity contribution in [2.24, 2.45) is 5.92 Å². The molecule has 1 aromatic heterocycles. The van der Waals surface area contributed by atoms with Crippen LogP contribution < -0.4 is 4.90 Å². The van der Waals surface area contributed by atoms with Crippen LogP contribution in [-0.4, -0.2) is 22.7 Å². The quantitative estimate of drug-likeness (QED) is 0.898. The van der Waals surface area contributed by atoms with Gasteiger partial charge >= 0.3 is 0 Å². The molecule has 0 spiro atoms. The molecule has 3 unspecified atom stereocenters. The number of anilines is 1. The Morgan fingerprint density at radius 1 is 1.26 bits per heavy atom. The second-order valence-electron chi connectivity index (χ2n) is 6.07. The van der Waals surface area contributed by atoms with Crippen LogP contribution in [0.25, 0.3) is 0 Å². The van der Waals surface area contributed by atoms with Crippen molar-refractivity contribution in [3.05, 3.63) is 10.6 Å². The fourth-order valence-corrected chi connectivity index (χ4v) is 4.85. The number of aliphatic hydroxyl groups is 1. The molecule has 106 valence electrons. The SMILES string of the molecule is Cc1nc(N2CCCC3CCCCC32)sc1C(C)O. The Morgan fingerprint density at radius 2 is 2.00 bits per heavy atom. The van der Waals surface area contributed by atoms with Gasteiger partial charge in [0.15, 0.2) is 5.13 Å². The highest BCUT2D eigenvalue weighted by Crippen LogP contribution is 2.40. The van der Waals surface area contributed by atoms with E-state index in [4.69, 9.17) is 4.98 Å². The molecule has 4 heteroatoms. The standard InChI is InChI=1S/C15H24N2OS/c1-10-14(11(2)18)19-15(16-10)17-9-5-7-12-6-3-4-8-13(12)17/h11-13,18H,3-9H2,1-2H3. The van der Waals surface area contributed by atoms with Gasteiger partial charge < -0.3 is 10.0 Å². The molecule has 1 aromatic rings. The number of piperidine rings is 1. The Balaban J connectivity index is 1.85. The third kappa shape index (κ3) is 2.52. The number of hydrogen-bond donors (Lipinski definition) is 1. The number of hydrogen-bond acceptors (Lipinski definition) is 4. The maximum absolute atomic E-state index is 9.80. The van der Waals surface area contributed by atoms with Gasteiger partial charge in [0.25, 0.3) is 0 Å². The summed E-state index contributed by atoms with van der Waals surface area (Å²) in [5.41, 5.74) is 1.01. The Labute approximate surface area is 119 Å². The molecule has 2 heterocycles. The number of aryl methyl sites for hydroxylation is 1. The zero-order valence-corrected chi connectivity index (χ0v) is 12.7. The summed E-state index contributed by atoms with van der Waals surface area (Å²) in [7, 11) is 0. The molecular formula is C15H24N2OS. The van der Waals surface area contributed by atoms with E-state index in [1.54, 1.807) is 11.3 Å². The Hall–Kier alpha value is -0.610. The first-order valence-corrected chi connectivity index (χ1v) is 8.40. The van der Waals surface area contributed by atoms with E-state index < -0.39 is 6.10 Å². The van der Waals surface area contributed by atoms with E-state index in [0.717, 1.165) is 28.2 Å². The van der Waals surface area contributed by atoms with Crippen molar-refractivity contribution in [2.75, 3.05) is 11.4 Å². The van der Waals surface area contributed by atoms with Gasteiger partial charge in [-0.25, -0.2) is 4.98 Å². The van der Waals surface area contributed by atoms with E-state index >= 15 is 0 Å². The number of fused-ring (bicyclic) bond motifs is 1. The van der Waals surface area contributed by atoms with E-state index in [0.29, 0.717) is 6.04 Å². The average molecular weight is 280 g/mol. The minimum absolute atomic E-state index is 0.391. The molecule has 1 saturated carbocycles. The molecule has 0 amide bonds. The van der Waals surface area contributed by atoms with Crippen LogP contribution in [0, 0.1) is 12.8 Å². The molecule has 1 N–H and O–H groups in total. The van der Waals surface area contributed by atoms with Gasteiger partial charge in [-0.3, -0.25) is 0 Å². The first-order valence-electron chi connectivity index (χ1n) is 7.59. The van der Waals surface area contributed by atoms with Crippen molar-refractivity contribution in [1.29, 1.82) is 0 Å². The molecule has 3 atom stereocenters. The van der Waals surface area contributed by atoms with Gasteiger partial charge in [-0.1, -0.05) is 24.2 Å². The van der Waals surface area contributed by atoms with Gasteiger partial charge in [0, 0.05) is 12.6 Å². The summed E-state index contributed by atoms with van der Waals surface area (Å²) >= 11 is 1.69. The predicted molar refractivity (Wildman–Crippen MR) is 79.8 cm³/mol. The van der Waals surface area contributed by atoms with Gasteiger partial charge in [0.1, 0.15) is 0 Å². The topological polar surface area (TPSA) is 36.4 Å². The smallest absolute Gasteiger partial charge is 0.186 e. The van der Waals surface area contributed by atoms with Crippen LogP contribution in [0.15, 0.2) is 0 Å². The maximum Gasteiger partial charge on any atom is 0.186 e. The minimum atomic E-state index is -0.391. The van der Waals surface area contributed by atoms with Crippen molar-refractivity contribution in [1.82, 2.24) is 4.98 Å². The van der Waals surface area contributed by atoms with E-state index in [1.165, 1.54) is 38.5 Å². The highest BCUT2D eigenvalue weighted by Gasteiger charge is 2.34. The van der Waals surface area contributed by atoms with Crippen LogP contribution in [0.1, 0.15) is 62.1 Å². The summed E-state index contributed by atoms with van der Waals surface area (Å²) < 4.78 is 0. The van der Waals surface area contributed by atoms with Crippen molar-refractivity contribution >= 4 is 16.5 Å². The largest absolute Gasteiger partial charge is 0.388 e. The molecule has 1 aliphatic carbocycles. The zero-order valence-electron chi connectivity index (χ0n) is 11.9. The minimum Gasteiger partial charge on any atom is -0.388 e. The van der Waals surface area contributed by atoms with Gasteiger partial charge in [0.05, 0.1) is 16.7 Å². The Morgan fingerprint density at radius 3 is 2.74 bits per heavy atom. The Bertz CT molecular complexity index is 441. The molecular weight excluding hydrogens is 256 g/mol. The van der Waals surface area contributed by atoms with Crippen LogP contribution >= 0.6 is 11.3 Å². The first-order chi connectivity index (χ1) is 9.16. The van der Waals surface area contributed by atoms with Crippen LogP contribution in [0.5, 0.6) is 0 Å². The summed E-state index contributed by atoms with van der Waals surface area (Å²) in [6, 6.07) is 0.704. The van der Waals surface area contributed by atoms with Crippen LogP contribution in [0.3, 0.4) is 0 Å². The average Bonchev–Trinajstić information content (AvgIpc) is 2.80. The summed E-state index contributed by atoms with van der Waals surface area (Å²) in [5.74, 6) is 0.877. The number of nitrogens with zero attached hydrogens (tertiary/aromatic N) is 2. The molecule has 0 radical (unpaired) electrons. The third-order valence-corrected chi connectivity index (χ3v) is 6.05. The molecule has 2 fully saturated rings. The fourth-order valence-electron chi connectivity index (χ4n) is 3.77.